The number of hydrogen-bond donors (Lipinski definition) is 1. The Bertz CT molecular complexity index is 1140. The molecule has 2 aromatic carbocycles. The molecule has 6 nitrogen and oxygen atoms in total. The van der Waals surface area contributed by atoms with Gasteiger partial charge >= 0.3 is 0 Å². The van der Waals surface area contributed by atoms with Crippen LogP contribution in [0.2, 0.25) is 0 Å². The molecule has 3 atom stereocenters. The maximum absolute atomic E-state index is 13.0. The third kappa shape index (κ3) is 2.17. The fraction of sp³-hybridized carbons (Fsp3) is 0.316. The van der Waals surface area contributed by atoms with Crippen LogP contribution in [0.1, 0.15) is 20.1 Å². The summed E-state index contributed by atoms with van der Waals surface area (Å²) >= 11 is 0. The first-order valence-corrected chi connectivity index (χ1v) is 8.27. The molecule has 128 valence electrons. The van der Waals surface area contributed by atoms with Gasteiger partial charge in [0.1, 0.15) is 5.78 Å². The quantitative estimate of drug-likeness (QED) is 0.684. The highest BCUT2D eigenvalue weighted by Crippen LogP contribution is 2.29. The van der Waals surface area contributed by atoms with E-state index in [2.05, 4.69) is 0 Å². The number of benzene rings is 2. The van der Waals surface area contributed by atoms with Gasteiger partial charge in [-0.25, -0.2) is 9.36 Å². The number of rotatable bonds is 1. The zero-order valence-electron chi connectivity index (χ0n) is 14.0. The minimum absolute atomic E-state index is 0.101. The largest absolute Gasteiger partial charge is 0.371 e. The summed E-state index contributed by atoms with van der Waals surface area (Å²) in [5, 5.41) is 12.9. The lowest BCUT2D eigenvalue weighted by atomic mass is 9.87. The summed E-state index contributed by atoms with van der Waals surface area (Å²) < 4.78 is 2.32. The second kappa shape index (κ2) is 5.39. The first kappa shape index (κ1) is 15.8. The van der Waals surface area contributed by atoms with E-state index in [1.165, 1.54) is 11.6 Å². The molecule has 0 radical (unpaired) electrons. The number of fused-ring (bicyclic) bond motifs is 3. The molecule has 0 bridgehead atoms. The van der Waals surface area contributed by atoms with Crippen molar-refractivity contribution in [2.75, 3.05) is 0 Å². The van der Waals surface area contributed by atoms with Gasteiger partial charge in [0.05, 0.1) is 17.3 Å². The minimum Gasteiger partial charge on any atom is -0.371 e. The van der Waals surface area contributed by atoms with Crippen molar-refractivity contribution in [3.05, 3.63) is 57.1 Å². The summed E-state index contributed by atoms with van der Waals surface area (Å²) in [5.41, 5.74) is -0.778. The molecule has 4 rings (SSSR count). The lowest BCUT2D eigenvalue weighted by Gasteiger charge is -2.35. The number of carbonyl (C=O) groups excluding carboxylic acids is 1. The lowest BCUT2D eigenvalue weighted by molar-refractivity contribution is -0.130. The zero-order valence-corrected chi connectivity index (χ0v) is 14.0. The molecule has 25 heavy (non-hydrogen) atoms. The Morgan fingerprint density at radius 3 is 2.20 bits per heavy atom. The number of Topliss-reactive ketones (excluding diaryl/α,β-unsaturated/α-hetero) is 1. The lowest BCUT2D eigenvalue weighted by Crippen LogP contribution is -2.50. The summed E-state index contributed by atoms with van der Waals surface area (Å²) in [7, 11) is 0. The first-order valence-electron chi connectivity index (χ1n) is 8.27. The summed E-state index contributed by atoms with van der Waals surface area (Å²) in [4.78, 5) is 37.8. The number of aliphatic hydroxyl groups excluding tert-OH is 1. The molecule has 0 spiro atoms. The maximum Gasteiger partial charge on any atom is 0.275 e. The van der Waals surface area contributed by atoms with Crippen molar-refractivity contribution >= 4 is 27.3 Å². The predicted molar refractivity (Wildman–Crippen MR) is 94.6 cm³/mol. The molecule has 1 N–H and O–H groups in total. The second-order valence-corrected chi connectivity index (χ2v) is 6.77. The van der Waals surface area contributed by atoms with Gasteiger partial charge in [-0.3, -0.25) is 14.4 Å². The van der Waals surface area contributed by atoms with E-state index in [1.54, 1.807) is 19.1 Å². The van der Waals surface area contributed by atoms with E-state index in [4.69, 9.17) is 0 Å². The molecule has 0 saturated carbocycles. The van der Waals surface area contributed by atoms with Crippen LogP contribution in [0.25, 0.3) is 21.5 Å². The Labute approximate surface area is 142 Å². The van der Waals surface area contributed by atoms with E-state index < -0.39 is 23.6 Å². The van der Waals surface area contributed by atoms with Crippen molar-refractivity contribution in [2.24, 2.45) is 11.8 Å². The molecular weight excluding hydrogens is 320 g/mol. The van der Waals surface area contributed by atoms with E-state index in [1.807, 2.05) is 24.3 Å². The van der Waals surface area contributed by atoms with Crippen molar-refractivity contribution in [3.63, 3.8) is 0 Å². The van der Waals surface area contributed by atoms with E-state index in [-0.39, 0.29) is 23.3 Å². The van der Waals surface area contributed by atoms with Gasteiger partial charge in [-0.2, -0.15) is 0 Å². The number of aliphatic hydroxyl groups is 1. The Hall–Kier alpha value is -2.73. The number of aromatic nitrogens is 2. The SMILES string of the molecule is CC(=O)[C@H]1Cn2c(=O)c3cc4ccccc4cc3c(=O)n2[C@H](O)[C@H]1C. The fourth-order valence-electron chi connectivity index (χ4n) is 3.78. The van der Waals surface area contributed by atoms with Gasteiger partial charge < -0.3 is 5.11 Å². The van der Waals surface area contributed by atoms with E-state index in [9.17, 15) is 19.5 Å². The maximum atomic E-state index is 13.0. The molecule has 0 saturated heterocycles. The molecule has 0 aliphatic carbocycles. The van der Waals surface area contributed by atoms with Gasteiger partial charge in [0.2, 0.25) is 0 Å². The molecule has 3 aromatic rings. The Morgan fingerprint density at radius 1 is 1.08 bits per heavy atom. The molecule has 2 heterocycles. The van der Waals surface area contributed by atoms with Gasteiger partial charge in [-0.1, -0.05) is 31.2 Å². The molecule has 1 aliphatic heterocycles. The van der Waals surface area contributed by atoms with Gasteiger partial charge in [0.15, 0.2) is 6.23 Å². The van der Waals surface area contributed by atoms with Crippen LogP contribution in [0.5, 0.6) is 0 Å². The van der Waals surface area contributed by atoms with Crippen LogP contribution in [0.3, 0.4) is 0 Å². The van der Waals surface area contributed by atoms with Gasteiger partial charge in [0.25, 0.3) is 11.1 Å². The van der Waals surface area contributed by atoms with Crippen LogP contribution >= 0.6 is 0 Å². The standard InChI is InChI=1S/C19H18N2O4/c1-10-16(11(2)22)9-20-18(24)14-7-12-5-3-4-6-13(12)8-15(14)19(25)21(20)17(10)23/h3-8,10,16-17,23H,9H2,1-2H3/t10-,16-,17+/m0/s1. The zero-order chi connectivity index (χ0) is 17.9. The smallest absolute Gasteiger partial charge is 0.275 e. The summed E-state index contributed by atoms with van der Waals surface area (Å²) in [6.07, 6.45) is -1.21. The van der Waals surface area contributed by atoms with E-state index in [0.717, 1.165) is 15.5 Å². The molecule has 1 aromatic heterocycles. The first-order chi connectivity index (χ1) is 11.9. The Balaban J connectivity index is 2.11. The topological polar surface area (TPSA) is 81.3 Å². The predicted octanol–water partition coefficient (Wildman–Crippen LogP) is 1.66. The highest BCUT2D eigenvalue weighted by Gasteiger charge is 2.37. The fourth-order valence-corrected chi connectivity index (χ4v) is 3.78. The number of ketones is 1. The molecule has 0 fully saturated rings. The minimum atomic E-state index is -1.21. The number of carbonyl (C=O) groups is 1. The molecule has 0 unspecified atom stereocenters. The molecule has 6 heteroatoms. The van der Waals surface area contributed by atoms with Gasteiger partial charge in [0, 0.05) is 11.8 Å². The van der Waals surface area contributed by atoms with Crippen LogP contribution in [0.15, 0.2) is 46.0 Å². The van der Waals surface area contributed by atoms with Crippen molar-refractivity contribution in [3.8, 4) is 0 Å². The average Bonchev–Trinajstić information content (AvgIpc) is 2.60. The van der Waals surface area contributed by atoms with E-state index in [0.29, 0.717) is 5.39 Å². The van der Waals surface area contributed by atoms with Crippen LogP contribution in [-0.4, -0.2) is 20.3 Å². The van der Waals surface area contributed by atoms with Crippen LogP contribution in [0, 0.1) is 11.8 Å². The summed E-state index contributed by atoms with van der Waals surface area (Å²) in [6, 6.07) is 10.9. The third-order valence-corrected chi connectivity index (χ3v) is 5.30. The van der Waals surface area contributed by atoms with Crippen molar-refractivity contribution in [1.29, 1.82) is 0 Å². The number of hydrogen-bond acceptors (Lipinski definition) is 4. The second-order valence-electron chi connectivity index (χ2n) is 6.77. The molecule has 1 aliphatic rings. The van der Waals surface area contributed by atoms with Crippen molar-refractivity contribution < 1.29 is 9.90 Å². The molecular formula is C19H18N2O4. The van der Waals surface area contributed by atoms with E-state index >= 15 is 0 Å². The molecule has 0 amide bonds. The van der Waals surface area contributed by atoms with Crippen molar-refractivity contribution in [2.45, 2.75) is 26.6 Å². The average molecular weight is 338 g/mol. The van der Waals surface area contributed by atoms with Crippen LogP contribution < -0.4 is 11.1 Å². The normalized spacial score (nSPS) is 22.9. The Kier molecular flexibility index (Phi) is 3.40. The number of nitrogens with zero attached hydrogens (tertiary/aromatic N) is 2. The Morgan fingerprint density at radius 2 is 1.64 bits per heavy atom. The van der Waals surface area contributed by atoms with Gasteiger partial charge in [-0.15, -0.1) is 0 Å². The summed E-state index contributed by atoms with van der Waals surface area (Å²) in [6.45, 7) is 3.27. The highest BCUT2D eigenvalue weighted by molar-refractivity contribution is 5.97. The van der Waals surface area contributed by atoms with Crippen molar-refractivity contribution in [1.82, 2.24) is 9.36 Å². The monoisotopic (exact) mass is 338 g/mol. The highest BCUT2D eigenvalue weighted by atomic mass is 16.3. The third-order valence-electron chi connectivity index (χ3n) is 5.30. The summed E-state index contributed by atoms with van der Waals surface area (Å²) in [5.74, 6) is -1.03. The van der Waals surface area contributed by atoms with Crippen LogP contribution in [0.4, 0.5) is 0 Å². The van der Waals surface area contributed by atoms with Gasteiger partial charge in [-0.05, 0) is 29.8 Å². The van der Waals surface area contributed by atoms with Crippen LogP contribution in [-0.2, 0) is 11.3 Å².